The van der Waals surface area contributed by atoms with Gasteiger partial charge in [-0.1, -0.05) is 60.7 Å². The second-order valence-corrected chi connectivity index (χ2v) is 7.07. The maximum atomic E-state index is 12.8. The second kappa shape index (κ2) is 6.69. The Kier molecular flexibility index (Phi) is 4.62. The van der Waals surface area contributed by atoms with Crippen LogP contribution in [0.15, 0.2) is 60.7 Å². The van der Waals surface area contributed by atoms with Crippen molar-refractivity contribution in [2.75, 3.05) is 6.61 Å². The van der Waals surface area contributed by atoms with Gasteiger partial charge in [0, 0.05) is 11.2 Å². The lowest BCUT2D eigenvalue weighted by molar-refractivity contribution is -0.129. The van der Waals surface area contributed by atoms with Crippen molar-refractivity contribution in [2.24, 2.45) is 0 Å². The molecule has 2 aromatic rings. The molecule has 1 heterocycles. The molecule has 1 saturated heterocycles. The zero-order valence-corrected chi connectivity index (χ0v) is 14.3. The number of cyclic esters (lactones) is 1. The van der Waals surface area contributed by atoms with Crippen molar-refractivity contribution >= 4 is 24.6 Å². The van der Waals surface area contributed by atoms with Crippen LogP contribution in [0.2, 0.25) is 0 Å². The molecule has 0 aliphatic carbocycles. The zero-order chi connectivity index (χ0) is 17.2. The lowest BCUT2D eigenvalue weighted by atomic mass is 9.95. The lowest BCUT2D eigenvalue weighted by Gasteiger charge is -2.27. The van der Waals surface area contributed by atoms with E-state index in [9.17, 15) is 9.59 Å². The Morgan fingerprint density at radius 1 is 1.17 bits per heavy atom. The smallest absolute Gasteiger partial charge is 0.417 e. The van der Waals surface area contributed by atoms with Crippen LogP contribution >= 0.6 is 12.6 Å². The molecule has 2 aromatic carbocycles. The molecule has 0 spiro atoms. The molecular formula is C19H19NO3S. The van der Waals surface area contributed by atoms with Gasteiger partial charge in [-0.15, -0.1) is 0 Å². The average Bonchev–Trinajstić information content (AvgIpc) is 2.98. The van der Waals surface area contributed by atoms with Crippen LogP contribution in [-0.4, -0.2) is 23.5 Å². The van der Waals surface area contributed by atoms with Gasteiger partial charge in [0.05, 0.1) is 0 Å². The van der Waals surface area contributed by atoms with Crippen LogP contribution in [0.4, 0.5) is 4.79 Å². The first-order chi connectivity index (χ1) is 11.5. The maximum absolute atomic E-state index is 12.8. The fourth-order valence-electron chi connectivity index (χ4n) is 2.90. The summed E-state index contributed by atoms with van der Waals surface area (Å²) < 4.78 is 4.45. The molecular weight excluding hydrogens is 322 g/mol. The van der Waals surface area contributed by atoms with E-state index in [0.29, 0.717) is 0 Å². The number of thiol groups is 1. The Balaban J connectivity index is 1.81. The predicted octanol–water partition coefficient (Wildman–Crippen LogP) is 3.94. The second-order valence-electron chi connectivity index (χ2n) is 6.08. The number of ether oxygens (including phenoxy) is 1. The number of hydrogen-bond acceptors (Lipinski definition) is 4. The molecule has 0 unspecified atom stereocenters. The molecule has 5 heteroatoms. The predicted molar refractivity (Wildman–Crippen MR) is 94.8 cm³/mol. The number of imide groups is 1. The van der Waals surface area contributed by atoms with Gasteiger partial charge in [0.15, 0.2) is 0 Å². The van der Waals surface area contributed by atoms with Crippen LogP contribution < -0.4 is 0 Å². The summed E-state index contributed by atoms with van der Waals surface area (Å²) in [6.07, 6.45) is -0.482. The minimum atomic E-state index is -0.664. The van der Waals surface area contributed by atoms with E-state index in [-0.39, 0.29) is 25.0 Å². The molecule has 1 fully saturated rings. The first-order valence-corrected chi connectivity index (χ1v) is 8.25. The molecule has 2 atom stereocenters. The van der Waals surface area contributed by atoms with Crippen LogP contribution in [0.25, 0.3) is 0 Å². The molecule has 0 saturated carbocycles. The third-order valence-electron chi connectivity index (χ3n) is 4.22. The van der Waals surface area contributed by atoms with E-state index in [4.69, 9.17) is 4.74 Å². The molecule has 0 aromatic heterocycles. The maximum Gasteiger partial charge on any atom is 0.417 e. The zero-order valence-electron chi connectivity index (χ0n) is 13.4. The van der Waals surface area contributed by atoms with Gasteiger partial charge in [0.2, 0.25) is 5.91 Å². The Labute approximate surface area is 146 Å². The van der Waals surface area contributed by atoms with Crippen LogP contribution in [-0.2, 0) is 14.3 Å². The highest BCUT2D eigenvalue weighted by molar-refractivity contribution is 7.81. The third kappa shape index (κ3) is 3.31. The summed E-state index contributed by atoms with van der Waals surface area (Å²) in [5, 5.41) is 0. The highest BCUT2D eigenvalue weighted by Gasteiger charge is 2.40. The Hall–Kier alpha value is -2.27. The largest absolute Gasteiger partial charge is 0.446 e. The van der Waals surface area contributed by atoms with E-state index in [1.807, 2.05) is 67.6 Å². The van der Waals surface area contributed by atoms with E-state index >= 15 is 0 Å². The summed E-state index contributed by atoms with van der Waals surface area (Å²) >= 11 is 4.66. The molecule has 2 amide bonds. The first kappa shape index (κ1) is 16.6. The van der Waals surface area contributed by atoms with E-state index in [1.165, 1.54) is 4.90 Å². The summed E-state index contributed by atoms with van der Waals surface area (Å²) in [5.74, 6) is -0.285. The minimum Gasteiger partial charge on any atom is -0.446 e. The van der Waals surface area contributed by atoms with Crippen molar-refractivity contribution in [1.82, 2.24) is 4.90 Å². The van der Waals surface area contributed by atoms with E-state index in [2.05, 4.69) is 12.6 Å². The molecule has 0 N–H and O–H groups in total. The topological polar surface area (TPSA) is 46.6 Å². The van der Waals surface area contributed by atoms with E-state index < -0.39 is 10.8 Å². The van der Waals surface area contributed by atoms with Gasteiger partial charge in [-0.3, -0.25) is 4.79 Å². The van der Waals surface area contributed by atoms with Crippen LogP contribution in [0, 0.1) is 0 Å². The van der Waals surface area contributed by atoms with Crippen LogP contribution in [0.1, 0.15) is 30.5 Å². The number of hydrogen-bond donors (Lipinski definition) is 1. The fourth-order valence-corrected chi connectivity index (χ4v) is 3.18. The van der Waals surface area contributed by atoms with E-state index in [1.54, 1.807) is 0 Å². The van der Waals surface area contributed by atoms with Gasteiger partial charge in [-0.05, 0) is 18.1 Å². The Morgan fingerprint density at radius 3 is 2.38 bits per heavy atom. The van der Waals surface area contributed by atoms with Gasteiger partial charge in [0.1, 0.15) is 12.6 Å². The summed E-state index contributed by atoms with van der Waals surface area (Å²) in [4.78, 5) is 26.1. The average molecular weight is 341 g/mol. The third-order valence-corrected chi connectivity index (χ3v) is 4.63. The Bertz CT molecular complexity index is 731. The van der Waals surface area contributed by atoms with Crippen molar-refractivity contribution in [3.8, 4) is 0 Å². The van der Waals surface area contributed by atoms with Gasteiger partial charge in [-0.2, -0.15) is 12.6 Å². The van der Waals surface area contributed by atoms with Gasteiger partial charge in [-0.25, -0.2) is 9.69 Å². The standard InChI is InChI=1S/C19H19NO3S/c1-19(24,15-10-6-3-7-11-15)12-17(21)20-16(13-23-18(20)22)14-8-4-2-5-9-14/h2-11,16,24H,12-13H2,1H3/t16-,19-/m0/s1. The van der Waals surface area contributed by atoms with Crippen molar-refractivity contribution in [3.05, 3.63) is 71.8 Å². The van der Waals surface area contributed by atoms with Crippen molar-refractivity contribution in [2.45, 2.75) is 24.1 Å². The summed E-state index contributed by atoms with van der Waals surface area (Å²) in [6, 6.07) is 18.7. The highest BCUT2D eigenvalue weighted by atomic mass is 32.1. The molecule has 1 aliphatic rings. The molecule has 24 heavy (non-hydrogen) atoms. The molecule has 0 radical (unpaired) electrons. The first-order valence-electron chi connectivity index (χ1n) is 7.81. The van der Waals surface area contributed by atoms with Gasteiger partial charge < -0.3 is 4.74 Å². The number of amides is 2. The molecule has 3 rings (SSSR count). The summed E-state index contributed by atoms with van der Waals surface area (Å²) in [5.41, 5.74) is 1.82. The lowest BCUT2D eigenvalue weighted by Crippen LogP contribution is -2.37. The van der Waals surface area contributed by atoms with Crippen molar-refractivity contribution in [1.29, 1.82) is 0 Å². The number of rotatable bonds is 4. The minimum absolute atomic E-state index is 0.110. The number of nitrogens with zero attached hydrogens (tertiary/aromatic N) is 1. The number of benzene rings is 2. The monoisotopic (exact) mass is 341 g/mol. The van der Waals surface area contributed by atoms with E-state index in [0.717, 1.165) is 11.1 Å². The number of carbonyl (C=O) groups excluding carboxylic acids is 2. The number of carbonyl (C=O) groups is 2. The SMILES string of the molecule is C[C@](S)(CC(=O)N1C(=O)OC[C@H]1c1ccccc1)c1ccccc1. The van der Waals surface area contributed by atoms with Crippen LogP contribution in [0.5, 0.6) is 0 Å². The fraction of sp³-hybridized carbons (Fsp3) is 0.263. The molecule has 0 bridgehead atoms. The molecule has 1 aliphatic heterocycles. The Morgan fingerprint density at radius 2 is 1.75 bits per heavy atom. The van der Waals surface area contributed by atoms with Gasteiger partial charge in [0.25, 0.3) is 0 Å². The summed E-state index contributed by atoms with van der Waals surface area (Å²) in [7, 11) is 0. The quantitative estimate of drug-likeness (QED) is 0.857. The molecule has 124 valence electrons. The van der Waals surface area contributed by atoms with Crippen molar-refractivity contribution in [3.63, 3.8) is 0 Å². The highest BCUT2D eigenvalue weighted by Crippen LogP contribution is 2.35. The molecule has 4 nitrogen and oxygen atoms in total. The normalized spacial score (nSPS) is 19.7. The van der Waals surface area contributed by atoms with Crippen LogP contribution in [0.3, 0.4) is 0 Å². The van der Waals surface area contributed by atoms with Crippen molar-refractivity contribution < 1.29 is 14.3 Å². The van der Waals surface area contributed by atoms with Gasteiger partial charge >= 0.3 is 6.09 Å². The summed E-state index contributed by atoms with van der Waals surface area (Å²) in [6.45, 7) is 2.06.